The molecule has 3 aliphatic rings. The maximum atomic E-state index is 13.4. The molecule has 8 nitrogen and oxygen atoms in total. The minimum absolute atomic E-state index is 0.00673. The molecule has 0 radical (unpaired) electrons. The van der Waals surface area contributed by atoms with E-state index in [0.717, 1.165) is 62.9 Å². The van der Waals surface area contributed by atoms with E-state index in [1.165, 1.54) is 24.3 Å². The van der Waals surface area contributed by atoms with Crippen LogP contribution in [0.2, 0.25) is 0 Å². The lowest BCUT2D eigenvalue weighted by atomic mass is 9.84. The van der Waals surface area contributed by atoms with Crippen molar-refractivity contribution in [3.05, 3.63) is 53.5 Å². The van der Waals surface area contributed by atoms with E-state index in [9.17, 15) is 14.0 Å². The van der Waals surface area contributed by atoms with Crippen LogP contribution >= 0.6 is 0 Å². The van der Waals surface area contributed by atoms with Crippen LogP contribution in [0.3, 0.4) is 0 Å². The summed E-state index contributed by atoms with van der Waals surface area (Å²) in [5, 5.41) is 3.04. The largest absolute Gasteiger partial charge is 0.474 e. The van der Waals surface area contributed by atoms with E-state index < -0.39 is 11.7 Å². The minimum Gasteiger partial charge on any atom is -0.474 e. The third-order valence-corrected chi connectivity index (χ3v) is 7.96. The highest BCUT2D eigenvalue weighted by Crippen LogP contribution is 2.39. The van der Waals surface area contributed by atoms with E-state index in [1.807, 2.05) is 26.1 Å². The van der Waals surface area contributed by atoms with Gasteiger partial charge in [0, 0.05) is 60.9 Å². The normalized spacial score (nSPS) is 23.2. The molecule has 2 aromatic rings. The lowest BCUT2D eigenvalue weighted by Crippen LogP contribution is -2.44. The van der Waals surface area contributed by atoms with Crippen LogP contribution in [0.1, 0.15) is 68.3 Å². The zero-order valence-corrected chi connectivity index (χ0v) is 23.0. The number of pyridine rings is 1. The Balaban J connectivity index is 1.39. The molecule has 1 aromatic carbocycles. The van der Waals surface area contributed by atoms with Gasteiger partial charge in [0.05, 0.1) is 5.69 Å². The van der Waals surface area contributed by atoms with Crippen molar-refractivity contribution in [1.29, 1.82) is 0 Å². The summed E-state index contributed by atoms with van der Waals surface area (Å²) < 4.78 is 19.7. The molecule has 1 saturated carbocycles. The van der Waals surface area contributed by atoms with Crippen molar-refractivity contribution < 1.29 is 18.7 Å². The second-order valence-corrected chi connectivity index (χ2v) is 11.3. The number of anilines is 1. The van der Waals surface area contributed by atoms with Gasteiger partial charge < -0.3 is 19.9 Å². The van der Waals surface area contributed by atoms with Gasteiger partial charge >= 0.3 is 0 Å². The Labute approximate surface area is 229 Å². The summed E-state index contributed by atoms with van der Waals surface area (Å²) in [6, 6.07) is 7.67. The van der Waals surface area contributed by atoms with Gasteiger partial charge in [-0.2, -0.15) is 4.99 Å². The van der Waals surface area contributed by atoms with E-state index in [4.69, 9.17) is 4.74 Å². The van der Waals surface area contributed by atoms with Crippen molar-refractivity contribution >= 4 is 23.3 Å². The van der Waals surface area contributed by atoms with Crippen LogP contribution in [0.4, 0.5) is 10.1 Å². The second-order valence-electron chi connectivity index (χ2n) is 11.3. The quantitative estimate of drug-likeness (QED) is 0.591. The number of halogens is 1. The molecule has 2 aliphatic heterocycles. The molecule has 2 fully saturated rings. The fraction of sp³-hybridized carbons (Fsp3) is 0.533. The predicted molar refractivity (Wildman–Crippen MR) is 149 cm³/mol. The second kappa shape index (κ2) is 11.8. The Hall–Kier alpha value is -3.33. The summed E-state index contributed by atoms with van der Waals surface area (Å²) in [6.07, 6.45) is 7.54. The average molecular weight is 536 g/mol. The lowest BCUT2D eigenvalue weighted by molar-refractivity contribution is -0.126. The van der Waals surface area contributed by atoms with E-state index in [-0.39, 0.29) is 30.0 Å². The van der Waals surface area contributed by atoms with Crippen LogP contribution in [0.15, 0.2) is 41.5 Å². The van der Waals surface area contributed by atoms with Crippen molar-refractivity contribution in [2.75, 3.05) is 25.0 Å². The number of hydrogen-bond donors (Lipinski definition) is 1. The molecule has 1 N–H and O–H groups in total. The predicted octanol–water partition coefficient (Wildman–Crippen LogP) is 4.38. The van der Waals surface area contributed by atoms with Crippen molar-refractivity contribution in [1.82, 2.24) is 15.2 Å². The molecule has 1 saturated heterocycles. The molecule has 2 amide bonds. The molecule has 0 atom stereocenters. The molecule has 1 aromatic heterocycles. The number of carbonyl (C=O) groups is 2. The summed E-state index contributed by atoms with van der Waals surface area (Å²) in [5.74, 6) is 0.563. The molecular weight excluding hydrogens is 497 g/mol. The molecule has 208 valence electrons. The standard InChI is InChI=1S/C30H38FN5O3/c1-19(2)33-29(37)21-6-10-24(11-7-21)36-26-17-28(39-25-12-14-35(3)15-13-25)32-18-22(26)16-27(36)34-30(38)20-4-8-23(31)9-5-20/h4-5,8-9,17-19,21,24-25H,6-7,10-16H2,1-3H3,(H,33,37). The van der Waals surface area contributed by atoms with Crippen molar-refractivity contribution in [2.45, 2.75) is 77.0 Å². The van der Waals surface area contributed by atoms with Gasteiger partial charge in [0.1, 0.15) is 17.8 Å². The fourth-order valence-corrected chi connectivity index (χ4v) is 5.82. The monoisotopic (exact) mass is 535 g/mol. The number of carbonyl (C=O) groups excluding carboxylic acids is 2. The van der Waals surface area contributed by atoms with Crippen molar-refractivity contribution in [3.63, 3.8) is 0 Å². The van der Waals surface area contributed by atoms with E-state index in [2.05, 4.69) is 32.1 Å². The summed E-state index contributed by atoms with van der Waals surface area (Å²) in [6.45, 7) is 5.95. The van der Waals surface area contributed by atoms with Gasteiger partial charge in [-0.05, 0) is 83.7 Å². The number of nitrogens with one attached hydrogen (secondary N) is 1. The van der Waals surface area contributed by atoms with Crippen LogP contribution < -0.4 is 15.0 Å². The Morgan fingerprint density at radius 2 is 1.77 bits per heavy atom. The summed E-state index contributed by atoms with van der Waals surface area (Å²) >= 11 is 0. The van der Waals surface area contributed by atoms with Crippen LogP contribution in [0, 0.1) is 11.7 Å². The SMILES string of the molecule is CC(C)NC(=O)C1CCC(N2C(=NC(=O)c3ccc(F)cc3)Cc3cnc(OC4CCN(C)CC4)cc32)CC1. The number of amidine groups is 1. The number of amides is 2. The van der Waals surface area contributed by atoms with E-state index in [1.54, 1.807) is 0 Å². The van der Waals surface area contributed by atoms with Crippen LogP contribution in [0.25, 0.3) is 0 Å². The highest BCUT2D eigenvalue weighted by Gasteiger charge is 2.37. The number of piperidine rings is 1. The summed E-state index contributed by atoms with van der Waals surface area (Å²) in [7, 11) is 2.12. The molecule has 0 bridgehead atoms. The number of ether oxygens (including phenoxy) is 1. The van der Waals surface area contributed by atoms with E-state index in [0.29, 0.717) is 23.7 Å². The number of nitrogens with zero attached hydrogens (tertiary/aromatic N) is 4. The van der Waals surface area contributed by atoms with Gasteiger partial charge in [-0.25, -0.2) is 9.37 Å². The highest BCUT2D eigenvalue weighted by atomic mass is 19.1. The van der Waals surface area contributed by atoms with Gasteiger partial charge in [-0.1, -0.05) is 0 Å². The van der Waals surface area contributed by atoms with Gasteiger partial charge in [-0.15, -0.1) is 0 Å². The van der Waals surface area contributed by atoms with Gasteiger partial charge in [0.15, 0.2) is 0 Å². The number of rotatable bonds is 6. The molecule has 1 aliphatic carbocycles. The molecule has 39 heavy (non-hydrogen) atoms. The maximum absolute atomic E-state index is 13.4. The molecule has 0 spiro atoms. The molecule has 5 rings (SSSR count). The van der Waals surface area contributed by atoms with Crippen molar-refractivity contribution in [2.24, 2.45) is 10.9 Å². The van der Waals surface area contributed by atoms with Crippen LogP contribution in [-0.2, 0) is 11.2 Å². The number of likely N-dealkylation sites (tertiary alicyclic amines) is 1. The van der Waals surface area contributed by atoms with Crippen molar-refractivity contribution in [3.8, 4) is 5.88 Å². The Bertz CT molecular complexity index is 1220. The lowest BCUT2D eigenvalue weighted by Gasteiger charge is -2.36. The summed E-state index contributed by atoms with van der Waals surface area (Å²) in [5.41, 5.74) is 2.31. The Kier molecular flexibility index (Phi) is 8.26. The molecule has 0 unspecified atom stereocenters. The first-order chi connectivity index (χ1) is 18.8. The third-order valence-electron chi connectivity index (χ3n) is 7.96. The van der Waals surface area contributed by atoms with Gasteiger partial charge in [0.25, 0.3) is 5.91 Å². The Morgan fingerprint density at radius 3 is 2.44 bits per heavy atom. The first kappa shape index (κ1) is 27.2. The Morgan fingerprint density at radius 1 is 1.08 bits per heavy atom. The zero-order valence-electron chi connectivity index (χ0n) is 23.0. The zero-order chi connectivity index (χ0) is 27.5. The fourth-order valence-electron chi connectivity index (χ4n) is 5.82. The van der Waals surface area contributed by atoms with E-state index >= 15 is 0 Å². The molecule has 9 heteroatoms. The number of aliphatic imine (C=N–C) groups is 1. The smallest absolute Gasteiger partial charge is 0.278 e. The highest BCUT2D eigenvalue weighted by molar-refractivity contribution is 6.12. The number of hydrogen-bond acceptors (Lipinski definition) is 5. The molecular formula is C30H38FN5O3. The summed E-state index contributed by atoms with van der Waals surface area (Å²) in [4.78, 5) is 39.3. The average Bonchev–Trinajstić information content (AvgIpc) is 3.27. The number of fused-ring (bicyclic) bond motifs is 1. The third kappa shape index (κ3) is 6.46. The first-order valence-electron chi connectivity index (χ1n) is 14.1. The number of aromatic nitrogens is 1. The molecule has 3 heterocycles. The topological polar surface area (TPSA) is 87.1 Å². The minimum atomic E-state index is -0.399. The number of benzene rings is 1. The van der Waals surface area contributed by atoms with Crippen LogP contribution in [0.5, 0.6) is 5.88 Å². The first-order valence-corrected chi connectivity index (χ1v) is 14.1. The van der Waals surface area contributed by atoms with Gasteiger partial charge in [0.2, 0.25) is 11.8 Å². The van der Waals surface area contributed by atoms with Gasteiger partial charge in [-0.3, -0.25) is 9.59 Å². The van der Waals surface area contributed by atoms with Crippen LogP contribution in [-0.4, -0.2) is 65.9 Å². The maximum Gasteiger partial charge on any atom is 0.278 e.